The van der Waals surface area contributed by atoms with Gasteiger partial charge in [0.2, 0.25) is 0 Å². The van der Waals surface area contributed by atoms with Crippen molar-refractivity contribution in [3.8, 4) is 0 Å². The molecule has 0 bridgehead atoms. The summed E-state index contributed by atoms with van der Waals surface area (Å²) in [6, 6.07) is 5.83. The summed E-state index contributed by atoms with van der Waals surface area (Å²) in [7, 11) is 0. The Hall–Kier alpha value is -0.850. The molecule has 0 aromatic heterocycles. The molecule has 0 saturated carbocycles. The van der Waals surface area contributed by atoms with Gasteiger partial charge in [-0.25, -0.2) is 4.39 Å². The van der Waals surface area contributed by atoms with Crippen LogP contribution in [0.2, 0.25) is 0 Å². The summed E-state index contributed by atoms with van der Waals surface area (Å²) in [4.78, 5) is 0. The highest BCUT2D eigenvalue weighted by molar-refractivity contribution is 5.26. The Labute approximate surface area is 98.9 Å². The first-order chi connectivity index (χ1) is 7.65. The highest BCUT2D eigenvalue weighted by Crippen LogP contribution is 2.18. The first-order valence-electron chi connectivity index (χ1n) is 6.41. The van der Waals surface area contributed by atoms with Crippen LogP contribution in [0, 0.1) is 11.7 Å². The maximum Gasteiger partial charge on any atom is 0.129 e. The molecule has 0 radical (unpaired) electrons. The van der Waals surface area contributed by atoms with E-state index < -0.39 is 0 Å². The van der Waals surface area contributed by atoms with E-state index in [4.69, 9.17) is 0 Å². The predicted octanol–water partition coefficient (Wildman–Crippen LogP) is 4.76. The normalized spacial score (nSPS) is 11.1. The minimum absolute atomic E-state index is 0.0345. The van der Waals surface area contributed by atoms with Crippen LogP contribution < -0.4 is 0 Å². The van der Waals surface area contributed by atoms with E-state index in [-0.39, 0.29) is 5.82 Å². The van der Waals surface area contributed by atoms with Crippen molar-refractivity contribution in [2.75, 3.05) is 0 Å². The topological polar surface area (TPSA) is 0 Å². The van der Waals surface area contributed by atoms with Crippen LogP contribution in [0.4, 0.5) is 4.39 Å². The van der Waals surface area contributed by atoms with E-state index in [2.05, 4.69) is 20.8 Å². The molecule has 0 amide bonds. The summed E-state index contributed by atoms with van der Waals surface area (Å²) in [6.45, 7) is 6.43. The standard InChI is InChI=1S/C15H23F/c1-4-5-6-8-13-9-7-10-14(15(13)16)11-12(2)3/h7,9-10,12H,4-6,8,11H2,1-3H3. The summed E-state index contributed by atoms with van der Waals surface area (Å²) < 4.78 is 14.1. The van der Waals surface area contributed by atoms with Gasteiger partial charge in [-0.1, -0.05) is 51.8 Å². The highest BCUT2D eigenvalue weighted by Gasteiger charge is 2.08. The maximum absolute atomic E-state index is 14.1. The summed E-state index contributed by atoms with van der Waals surface area (Å²) in [5.41, 5.74) is 1.77. The van der Waals surface area contributed by atoms with Gasteiger partial charge >= 0.3 is 0 Å². The summed E-state index contributed by atoms with van der Waals surface area (Å²) >= 11 is 0. The SMILES string of the molecule is CCCCCc1cccc(CC(C)C)c1F. The van der Waals surface area contributed by atoms with Crippen LogP contribution in [0.25, 0.3) is 0 Å². The van der Waals surface area contributed by atoms with Crippen LogP contribution in [-0.2, 0) is 12.8 Å². The van der Waals surface area contributed by atoms with E-state index in [9.17, 15) is 4.39 Å². The van der Waals surface area contributed by atoms with Crippen molar-refractivity contribution in [3.63, 3.8) is 0 Å². The van der Waals surface area contributed by atoms with Crippen LogP contribution >= 0.6 is 0 Å². The van der Waals surface area contributed by atoms with Crippen molar-refractivity contribution in [2.45, 2.75) is 52.9 Å². The van der Waals surface area contributed by atoms with Crippen LogP contribution in [0.5, 0.6) is 0 Å². The Morgan fingerprint density at radius 1 is 1.12 bits per heavy atom. The predicted molar refractivity (Wildman–Crippen MR) is 68.2 cm³/mol. The molecule has 1 aromatic rings. The molecule has 0 atom stereocenters. The van der Waals surface area contributed by atoms with Crippen molar-refractivity contribution in [1.82, 2.24) is 0 Å². The van der Waals surface area contributed by atoms with Crippen molar-refractivity contribution in [1.29, 1.82) is 0 Å². The third-order valence-corrected chi connectivity index (χ3v) is 2.84. The number of unbranched alkanes of at least 4 members (excludes halogenated alkanes) is 2. The lowest BCUT2D eigenvalue weighted by molar-refractivity contribution is 0.557. The molecule has 0 unspecified atom stereocenters. The van der Waals surface area contributed by atoms with Gasteiger partial charge in [-0.3, -0.25) is 0 Å². The maximum atomic E-state index is 14.1. The summed E-state index contributed by atoms with van der Waals surface area (Å²) in [6.07, 6.45) is 5.19. The minimum atomic E-state index is 0.0345. The number of halogens is 1. The van der Waals surface area contributed by atoms with Crippen molar-refractivity contribution in [3.05, 3.63) is 35.1 Å². The molecular formula is C15H23F. The molecule has 1 aromatic carbocycles. The van der Waals surface area contributed by atoms with Crippen molar-refractivity contribution >= 4 is 0 Å². The zero-order chi connectivity index (χ0) is 12.0. The molecule has 0 fully saturated rings. The lowest BCUT2D eigenvalue weighted by Crippen LogP contribution is -2.01. The largest absolute Gasteiger partial charge is 0.206 e. The average Bonchev–Trinajstić information content (AvgIpc) is 2.23. The quantitative estimate of drug-likeness (QED) is 0.609. The van der Waals surface area contributed by atoms with Crippen LogP contribution in [-0.4, -0.2) is 0 Å². The van der Waals surface area contributed by atoms with Gasteiger partial charge in [-0.15, -0.1) is 0 Å². The van der Waals surface area contributed by atoms with Gasteiger partial charge < -0.3 is 0 Å². The fourth-order valence-corrected chi connectivity index (χ4v) is 1.99. The number of hydrogen-bond donors (Lipinski definition) is 0. The van der Waals surface area contributed by atoms with E-state index >= 15 is 0 Å². The van der Waals surface area contributed by atoms with Gasteiger partial charge in [0.25, 0.3) is 0 Å². The van der Waals surface area contributed by atoms with Gasteiger partial charge in [0, 0.05) is 0 Å². The van der Waals surface area contributed by atoms with E-state index in [1.807, 2.05) is 18.2 Å². The van der Waals surface area contributed by atoms with E-state index in [0.29, 0.717) is 5.92 Å². The molecule has 0 saturated heterocycles. The van der Waals surface area contributed by atoms with Gasteiger partial charge in [0.15, 0.2) is 0 Å². The second-order valence-corrected chi connectivity index (χ2v) is 4.95. The fourth-order valence-electron chi connectivity index (χ4n) is 1.99. The molecule has 0 heterocycles. The molecule has 0 aliphatic carbocycles. The van der Waals surface area contributed by atoms with Gasteiger partial charge in [-0.2, -0.15) is 0 Å². The number of benzene rings is 1. The van der Waals surface area contributed by atoms with Crippen LogP contribution in [0.3, 0.4) is 0 Å². The Morgan fingerprint density at radius 3 is 2.44 bits per heavy atom. The molecule has 16 heavy (non-hydrogen) atoms. The minimum Gasteiger partial charge on any atom is -0.206 e. The third-order valence-electron chi connectivity index (χ3n) is 2.84. The lowest BCUT2D eigenvalue weighted by Gasteiger charge is -2.10. The van der Waals surface area contributed by atoms with Gasteiger partial charge in [0.05, 0.1) is 0 Å². The third kappa shape index (κ3) is 3.96. The molecule has 0 N–H and O–H groups in total. The van der Waals surface area contributed by atoms with E-state index in [1.54, 1.807) is 0 Å². The Morgan fingerprint density at radius 2 is 1.81 bits per heavy atom. The fraction of sp³-hybridized carbons (Fsp3) is 0.600. The first kappa shape index (κ1) is 13.2. The Balaban J connectivity index is 2.70. The zero-order valence-electron chi connectivity index (χ0n) is 10.7. The summed E-state index contributed by atoms with van der Waals surface area (Å²) in [5, 5.41) is 0. The zero-order valence-corrected chi connectivity index (χ0v) is 10.7. The van der Waals surface area contributed by atoms with Crippen LogP contribution in [0.15, 0.2) is 18.2 Å². The molecule has 1 rings (SSSR count). The second kappa shape index (κ2) is 6.67. The van der Waals surface area contributed by atoms with E-state index in [1.165, 1.54) is 12.8 Å². The van der Waals surface area contributed by atoms with Gasteiger partial charge in [0.1, 0.15) is 5.82 Å². The first-order valence-corrected chi connectivity index (χ1v) is 6.41. The van der Waals surface area contributed by atoms with Crippen LogP contribution in [0.1, 0.15) is 51.2 Å². The smallest absolute Gasteiger partial charge is 0.129 e. The average molecular weight is 222 g/mol. The number of hydrogen-bond acceptors (Lipinski definition) is 0. The lowest BCUT2D eigenvalue weighted by atomic mass is 9.98. The van der Waals surface area contributed by atoms with Gasteiger partial charge in [-0.05, 0) is 36.3 Å². The molecule has 0 aliphatic rings. The number of rotatable bonds is 6. The molecular weight excluding hydrogens is 199 g/mol. The molecule has 0 spiro atoms. The second-order valence-electron chi connectivity index (χ2n) is 4.95. The molecule has 0 aliphatic heterocycles. The highest BCUT2D eigenvalue weighted by atomic mass is 19.1. The Kier molecular flexibility index (Phi) is 5.51. The summed E-state index contributed by atoms with van der Waals surface area (Å²) in [5.74, 6) is 0.549. The molecule has 1 heteroatoms. The molecule has 0 nitrogen and oxygen atoms in total. The van der Waals surface area contributed by atoms with E-state index in [0.717, 1.165) is 30.4 Å². The Bertz CT molecular complexity index is 315. The van der Waals surface area contributed by atoms with Crippen molar-refractivity contribution in [2.24, 2.45) is 5.92 Å². The number of aryl methyl sites for hydroxylation is 1. The van der Waals surface area contributed by atoms with Crippen molar-refractivity contribution < 1.29 is 4.39 Å². The molecule has 90 valence electrons. The monoisotopic (exact) mass is 222 g/mol.